The van der Waals surface area contributed by atoms with Gasteiger partial charge in [-0.1, -0.05) is 6.07 Å². The zero-order valence-electron chi connectivity index (χ0n) is 11.5. The molecule has 1 heterocycles. The number of nitrogens with two attached hydrogens (primary N) is 1. The van der Waals surface area contributed by atoms with Gasteiger partial charge in [-0.25, -0.2) is 0 Å². The Bertz CT molecular complexity index is 459. The van der Waals surface area contributed by atoms with Gasteiger partial charge < -0.3 is 30.6 Å². The van der Waals surface area contributed by atoms with Crippen LogP contribution in [0.2, 0.25) is 0 Å². The minimum absolute atomic E-state index is 0.103. The van der Waals surface area contributed by atoms with Crippen LogP contribution in [-0.4, -0.2) is 45.4 Å². The molecule has 1 aliphatic rings. The summed E-state index contributed by atoms with van der Waals surface area (Å²) in [4.78, 5) is 12.3. The second kappa shape index (κ2) is 7.12. The van der Waals surface area contributed by atoms with Crippen molar-refractivity contribution < 1.29 is 19.5 Å². The average molecular weight is 279 g/mol. The van der Waals surface area contributed by atoms with Gasteiger partial charge in [-0.3, -0.25) is 0 Å². The molecule has 0 saturated carbocycles. The first-order valence-electron chi connectivity index (χ1n) is 6.93. The molecule has 1 saturated heterocycles. The van der Waals surface area contributed by atoms with Crippen LogP contribution in [0.4, 0.5) is 11.4 Å². The number of nitrogen functional groups attached to an aromatic ring is 1. The summed E-state index contributed by atoms with van der Waals surface area (Å²) < 4.78 is 5.32. The highest BCUT2D eigenvalue weighted by Gasteiger charge is 2.12. The Morgan fingerprint density at radius 2 is 2.15 bits per heavy atom. The first-order chi connectivity index (χ1) is 9.66. The molecule has 1 aromatic rings. The fourth-order valence-electron chi connectivity index (χ4n) is 2.32. The Morgan fingerprint density at radius 1 is 1.40 bits per heavy atom. The van der Waals surface area contributed by atoms with Gasteiger partial charge in [0.15, 0.2) is 0 Å². The minimum atomic E-state index is -1.21. The summed E-state index contributed by atoms with van der Waals surface area (Å²) in [5, 5.41) is 13.9. The summed E-state index contributed by atoms with van der Waals surface area (Å²) >= 11 is 0. The van der Waals surface area contributed by atoms with Crippen molar-refractivity contribution in [3.8, 4) is 0 Å². The molecule has 0 spiro atoms. The molecule has 20 heavy (non-hydrogen) atoms. The van der Waals surface area contributed by atoms with Crippen molar-refractivity contribution in [1.82, 2.24) is 0 Å². The van der Waals surface area contributed by atoms with Crippen LogP contribution < -0.4 is 21.1 Å². The molecule has 2 rings (SSSR count). The van der Waals surface area contributed by atoms with Crippen molar-refractivity contribution in [1.29, 1.82) is 0 Å². The molecule has 0 aromatic heterocycles. The molecule has 0 aliphatic carbocycles. The summed E-state index contributed by atoms with van der Waals surface area (Å²) in [6.07, 6.45) is 1.04. The fourth-order valence-corrected chi connectivity index (χ4v) is 2.32. The van der Waals surface area contributed by atoms with Gasteiger partial charge in [0, 0.05) is 13.0 Å². The predicted molar refractivity (Wildman–Crippen MR) is 74.7 cm³/mol. The number of aromatic carboxylic acids is 1. The van der Waals surface area contributed by atoms with Crippen molar-refractivity contribution in [3.05, 3.63) is 23.8 Å². The minimum Gasteiger partial charge on any atom is -0.545 e. The van der Waals surface area contributed by atoms with Crippen LogP contribution in [0.15, 0.2) is 18.2 Å². The third-order valence-electron chi connectivity index (χ3n) is 3.51. The number of carbonyl (C=O) groups is 1. The van der Waals surface area contributed by atoms with Gasteiger partial charge in [0.25, 0.3) is 0 Å². The molecule has 4 N–H and O–H groups in total. The molecule has 0 atom stereocenters. The number of carbonyl (C=O) groups excluding carboxylic acids is 1. The molecule has 0 unspecified atom stereocenters. The Labute approximate surface area is 118 Å². The van der Waals surface area contributed by atoms with Gasteiger partial charge in [0.1, 0.15) is 13.1 Å². The van der Waals surface area contributed by atoms with E-state index in [0.29, 0.717) is 5.69 Å². The Hall–Kier alpha value is -1.79. The van der Waals surface area contributed by atoms with E-state index in [4.69, 9.17) is 10.5 Å². The number of morpholine rings is 1. The summed E-state index contributed by atoms with van der Waals surface area (Å²) in [5.74, 6) is -1.21. The fraction of sp³-hybridized carbons (Fsp3) is 0.500. The van der Waals surface area contributed by atoms with E-state index in [1.165, 1.54) is 12.1 Å². The van der Waals surface area contributed by atoms with E-state index in [0.717, 1.165) is 51.5 Å². The molecule has 1 aromatic carbocycles. The number of hydrogen-bond acceptors (Lipinski definition) is 5. The maximum Gasteiger partial charge on any atom is 0.101 e. The lowest BCUT2D eigenvalue weighted by molar-refractivity contribution is -0.908. The Balaban J connectivity index is 1.74. The quantitative estimate of drug-likeness (QED) is 0.429. The number of nitrogens with one attached hydrogen (secondary N) is 2. The van der Waals surface area contributed by atoms with E-state index in [-0.39, 0.29) is 5.56 Å². The molecule has 6 heteroatoms. The number of hydrogen-bond donors (Lipinski definition) is 3. The highest BCUT2D eigenvalue weighted by Crippen LogP contribution is 2.19. The summed E-state index contributed by atoms with van der Waals surface area (Å²) in [6.45, 7) is 5.76. The molecular weight excluding hydrogens is 258 g/mol. The highest BCUT2D eigenvalue weighted by atomic mass is 16.5. The number of anilines is 2. The summed E-state index contributed by atoms with van der Waals surface area (Å²) in [7, 11) is 0. The summed E-state index contributed by atoms with van der Waals surface area (Å²) in [6, 6.07) is 4.61. The first kappa shape index (κ1) is 14.6. The number of ether oxygens (including phenoxy) is 1. The van der Waals surface area contributed by atoms with Crippen LogP contribution in [-0.2, 0) is 4.74 Å². The van der Waals surface area contributed by atoms with Gasteiger partial charge in [-0.2, -0.15) is 0 Å². The predicted octanol–water partition coefficient (Wildman–Crippen LogP) is -1.65. The average Bonchev–Trinajstić information content (AvgIpc) is 2.46. The van der Waals surface area contributed by atoms with Crippen LogP contribution in [0.1, 0.15) is 16.8 Å². The lowest BCUT2D eigenvalue weighted by Crippen LogP contribution is -3.14. The van der Waals surface area contributed by atoms with E-state index in [2.05, 4.69) is 5.32 Å². The second-order valence-electron chi connectivity index (χ2n) is 4.98. The third-order valence-corrected chi connectivity index (χ3v) is 3.51. The third kappa shape index (κ3) is 4.11. The molecule has 1 fully saturated rings. The van der Waals surface area contributed by atoms with Crippen LogP contribution in [0.5, 0.6) is 0 Å². The molecule has 1 aliphatic heterocycles. The Kier molecular flexibility index (Phi) is 5.20. The first-order valence-corrected chi connectivity index (χ1v) is 6.93. The zero-order chi connectivity index (χ0) is 14.4. The van der Waals surface area contributed by atoms with Crippen molar-refractivity contribution in [2.24, 2.45) is 0 Å². The number of quaternary nitrogens is 1. The van der Waals surface area contributed by atoms with Crippen LogP contribution >= 0.6 is 0 Å². The van der Waals surface area contributed by atoms with E-state index in [9.17, 15) is 9.90 Å². The number of carboxylic acids is 1. The maximum atomic E-state index is 10.7. The Morgan fingerprint density at radius 3 is 2.80 bits per heavy atom. The summed E-state index contributed by atoms with van der Waals surface area (Å²) in [5.41, 5.74) is 7.12. The van der Waals surface area contributed by atoms with E-state index < -0.39 is 5.97 Å². The zero-order valence-corrected chi connectivity index (χ0v) is 11.5. The molecular formula is C14H21N3O3. The van der Waals surface area contributed by atoms with Gasteiger partial charge in [0.05, 0.1) is 37.1 Å². The van der Waals surface area contributed by atoms with Gasteiger partial charge in [-0.15, -0.1) is 0 Å². The standard InChI is InChI=1S/C14H21N3O3/c15-12-10-11(14(18)19)2-3-13(12)16-4-1-5-17-6-8-20-9-7-17/h2-3,10,16H,1,4-9,15H2,(H,18,19). The van der Waals surface area contributed by atoms with Crippen LogP contribution in [0.25, 0.3) is 0 Å². The molecule has 0 bridgehead atoms. The van der Waals surface area contributed by atoms with E-state index in [1.54, 1.807) is 11.0 Å². The second-order valence-corrected chi connectivity index (χ2v) is 4.98. The topological polar surface area (TPSA) is 91.9 Å². The van der Waals surface area contributed by atoms with Crippen molar-refractivity contribution in [2.75, 3.05) is 50.4 Å². The smallest absolute Gasteiger partial charge is 0.101 e. The largest absolute Gasteiger partial charge is 0.545 e. The molecule has 110 valence electrons. The SMILES string of the molecule is Nc1cc(C(=O)[O-])ccc1NCCC[NH+]1CCOCC1. The van der Waals surface area contributed by atoms with Crippen molar-refractivity contribution in [3.63, 3.8) is 0 Å². The van der Waals surface area contributed by atoms with Crippen LogP contribution in [0.3, 0.4) is 0 Å². The van der Waals surface area contributed by atoms with Gasteiger partial charge >= 0.3 is 0 Å². The van der Waals surface area contributed by atoms with Gasteiger partial charge in [0.2, 0.25) is 0 Å². The monoisotopic (exact) mass is 279 g/mol. The van der Waals surface area contributed by atoms with Crippen molar-refractivity contribution in [2.45, 2.75) is 6.42 Å². The number of rotatable bonds is 6. The van der Waals surface area contributed by atoms with Crippen molar-refractivity contribution >= 4 is 17.3 Å². The molecule has 6 nitrogen and oxygen atoms in total. The maximum absolute atomic E-state index is 10.7. The number of carboxylic acid groups (broad SMARTS) is 1. The highest BCUT2D eigenvalue weighted by molar-refractivity contribution is 5.88. The molecule has 0 amide bonds. The number of benzene rings is 1. The van der Waals surface area contributed by atoms with E-state index in [1.807, 2.05) is 0 Å². The lowest BCUT2D eigenvalue weighted by Gasteiger charge is -2.23. The molecule has 0 radical (unpaired) electrons. The van der Waals surface area contributed by atoms with Gasteiger partial charge in [-0.05, 0) is 17.7 Å². The lowest BCUT2D eigenvalue weighted by atomic mass is 10.1. The van der Waals surface area contributed by atoms with E-state index >= 15 is 0 Å². The normalized spacial score (nSPS) is 16.0. The van der Waals surface area contributed by atoms with Crippen LogP contribution in [0, 0.1) is 0 Å².